The van der Waals surface area contributed by atoms with Crippen molar-refractivity contribution in [3.63, 3.8) is 0 Å². The van der Waals surface area contributed by atoms with Crippen LogP contribution in [0.4, 0.5) is 0 Å². The Bertz CT molecular complexity index is 1370. The summed E-state index contributed by atoms with van der Waals surface area (Å²) in [5, 5.41) is 14.8. The minimum Gasteiger partial charge on any atom is -0.497 e. The molecule has 0 saturated carbocycles. The summed E-state index contributed by atoms with van der Waals surface area (Å²) >= 11 is 1.51. The third-order valence-corrected chi connectivity index (χ3v) is 6.20. The van der Waals surface area contributed by atoms with E-state index in [4.69, 9.17) is 9.26 Å². The van der Waals surface area contributed by atoms with Crippen LogP contribution in [0.5, 0.6) is 5.75 Å². The molecule has 0 saturated heterocycles. The summed E-state index contributed by atoms with van der Waals surface area (Å²) in [5.41, 5.74) is 5.16. The number of thioether (sulfide) groups is 1. The molecule has 8 heteroatoms. The predicted molar refractivity (Wildman–Crippen MR) is 120 cm³/mol. The molecule has 31 heavy (non-hydrogen) atoms. The van der Waals surface area contributed by atoms with E-state index < -0.39 is 0 Å². The van der Waals surface area contributed by atoms with Crippen LogP contribution < -0.4 is 4.74 Å². The molecule has 2 aromatic carbocycles. The highest BCUT2D eigenvalue weighted by Crippen LogP contribution is 2.30. The molecule has 5 rings (SSSR count). The Balaban J connectivity index is 1.43. The second-order valence-corrected chi connectivity index (χ2v) is 8.18. The minimum absolute atomic E-state index is 0.500. The molecule has 0 radical (unpaired) electrons. The zero-order chi connectivity index (χ0) is 21.4. The summed E-state index contributed by atoms with van der Waals surface area (Å²) in [4.78, 5) is 4.54. The molecule has 0 unspecified atom stereocenters. The second-order valence-electron chi connectivity index (χ2n) is 7.24. The van der Waals surface area contributed by atoms with Crippen LogP contribution in [0.15, 0.2) is 58.2 Å². The summed E-state index contributed by atoms with van der Waals surface area (Å²) in [7, 11) is 1.67. The Morgan fingerprint density at radius 3 is 2.68 bits per heavy atom. The Kier molecular flexibility index (Phi) is 5.07. The van der Waals surface area contributed by atoms with Crippen LogP contribution in [0, 0.1) is 6.92 Å². The number of hydrogen-bond acceptors (Lipinski definition) is 7. The number of methoxy groups -OCH3 is 1. The highest BCUT2D eigenvalue weighted by Gasteiger charge is 2.15. The first kappa shape index (κ1) is 19.6. The van der Waals surface area contributed by atoms with Crippen molar-refractivity contribution in [2.75, 3.05) is 7.11 Å². The molecule has 7 nitrogen and oxygen atoms in total. The molecule has 0 spiro atoms. The van der Waals surface area contributed by atoms with Crippen LogP contribution in [0.25, 0.3) is 27.9 Å². The lowest BCUT2D eigenvalue weighted by Gasteiger charge is -2.09. The van der Waals surface area contributed by atoms with E-state index in [-0.39, 0.29) is 0 Å². The van der Waals surface area contributed by atoms with Crippen LogP contribution in [0.3, 0.4) is 0 Å². The standard InChI is InChI=1S/C23H21N5O2S/c1-4-15-5-7-16(8-6-15)22-24-21(30-27-22)13-31-23-26-25-20-11-14(2)18-10-9-17(29-3)12-19(18)28(20)23/h5-12H,4,13H2,1-3H3. The van der Waals surface area contributed by atoms with Crippen molar-refractivity contribution in [2.45, 2.75) is 31.2 Å². The smallest absolute Gasteiger partial charge is 0.237 e. The molecule has 3 heterocycles. The van der Waals surface area contributed by atoms with E-state index in [9.17, 15) is 0 Å². The lowest BCUT2D eigenvalue weighted by molar-refractivity contribution is 0.391. The van der Waals surface area contributed by atoms with Crippen molar-refractivity contribution < 1.29 is 9.26 Å². The minimum atomic E-state index is 0.500. The maximum absolute atomic E-state index is 5.47. The van der Waals surface area contributed by atoms with Gasteiger partial charge in [0.05, 0.1) is 18.4 Å². The number of aromatic nitrogens is 5. The Morgan fingerprint density at radius 2 is 1.90 bits per heavy atom. The molecule has 0 amide bonds. The highest BCUT2D eigenvalue weighted by molar-refractivity contribution is 7.98. The zero-order valence-corrected chi connectivity index (χ0v) is 18.3. The highest BCUT2D eigenvalue weighted by atomic mass is 32.2. The van der Waals surface area contributed by atoms with Crippen molar-refractivity contribution >= 4 is 28.3 Å². The number of hydrogen-bond donors (Lipinski definition) is 0. The van der Waals surface area contributed by atoms with Gasteiger partial charge in [-0.2, -0.15) is 4.98 Å². The van der Waals surface area contributed by atoms with Crippen molar-refractivity contribution in [3.05, 3.63) is 65.5 Å². The van der Waals surface area contributed by atoms with Crippen LogP contribution >= 0.6 is 11.8 Å². The van der Waals surface area contributed by atoms with Gasteiger partial charge < -0.3 is 9.26 Å². The molecule has 0 N–H and O–H groups in total. The first-order valence-corrected chi connectivity index (χ1v) is 11.0. The van der Waals surface area contributed by atoms with Gasteiger partial charge in [0, 0.05) is 17.0 Å². The molecule has 0 aliphatic carbocycles. The van der Waals surface area contributed by atoms with Gasteiger partial charge in [-0.25, -0.2) is 0 Å². The van der Waals surface area contributed by atoms with Crippen molar-refractivity contribution in [1.82, 2.24) is 24.7 Å². The Morgan fingerprint density at radius 1 is 1.06 bits per heavy atom. The molecule has 156 valence electrons. The van der Waals surface area contributed by atoms with Gasteiger partial charge in [-0.3, -0.25) is 4.40 Å². The summed E-state index contributed by atoms with van der Waals surface area (Å²) in [5.74, 6) is 2.43. The van der Waals surface area contributed by atoms with Crippen molar-refractivity contribution in [2.24, 2.45) is 0 Å². The maximum Gasteiger partial charge on any atom is 0.237 e. The number of rotatable bonds is 6. The van der Waals surface area contributed by atoms with E-state index in [1.54, 1.807) is 7.11 Å². The van der Waals surface area contributed by atoms with Gasteiger partial charge in [-0.05, 0) is 42.7 Å². The largest absolute Gasteiger partial charge is 0.497 e. The second kappa shape index (κ2) is 8.03. The summed E-state index contributed by atoms with van der Waals surface area (Å²) in [6, 6.07) is 16.3. The molecule has 0 fully saturated rings. The zero-order valence-electron chi connectivity index (χ0n) is 17.5. The number of ether oxygens (including phenoxy) is 1. The summed E-state index contributed by atoms with van der Waals surface area (Å²) in [6.45, 7) is 4.21. The monoisotopic (exact) mass is 431 g/mol. The molecule has 0 aliphatic rings. The summed E-state index contributed by atoms with van der Waals surface area (Å²) < 4.78 is 12.9. The van der Waals surface area contributed by atoms with Crippen molar-refractivity contribution in [3.8, 4) is 17.1 Å². The summed E-state index contributed by atoms with van der Waals surface area (Å²) in [6.07, 6.45) is 1.00. The lowest BCUT2D eigenvalue weighted by Crippen LogP contribution is -1.95. The number of fused-ring (bicyclic) bond motifs is 3. The predicted octanol–water partition coefficient (Wildman–Crippen LogP) is 5.10. The van der Waals surface area contributed by atoms with E-state index in [1.807, 2.05) is 34.7 Å². The van der Waals surface area contributed by atoms with Crippen LogP contribution in [-0.2, 0) is 12.2 Å². The number of aryl methyl sites for hydroxylation is 2. The van der Waals surface area contributed by atoms with Gasteiger partial charge in [-0.1, -0.05) is 48.1 Å². The molecular formula is C23H21N5O2S. The van der Waals surface area contributed by atoms with Gasteiger partial charge in [0.15, 0.2) is 10.8 Å². The lowest BCUT2D eigenvalue weighted by atomic mass is 10.1. The molecule has 5 aromatic rings. The molecule has 0 bridgehead atoms. The molecule has 0 aliphatic heterocycles. The van der Waals surface area contributed by atoms with Crippen LogP contribution in [0.2, 0.25) is 0 Å². The van der Waals surface area contributed by atoms with Gasteiger partial charge in [-0.15, -0.1) is 10.2 Å². The third kappa shape index (κ3) is 3.63. The quantitative estimate of drug-likeness (QED) is 0.346. The third-order valence-electron chi connectivity index (χ3n) is 5.29. The molecular weight excluding hydrogens is 410 g/mol. The van der Waals surface area contributed by atoms with Crippen LogP contribution in [-0.4, -0.2) is 31.8 Å². The van der Waals surface area contributed by atoms with E-state index in [2.05, 4.69) is 52.4 Å². The molecule has 0 atom stereocenters. The van der Waals surface area contributed by atoms with Gasteiger partial charge in [0.25, 0.3) is 0 Å². The number of benzene rings is 2. The fourth-order valence-electron chi connectivity index (χ4n) is 3.57. The first-order chi connectivity index (χ1) is 15.2. The SMILES string of the molecule is CCc1ccc(-c2noc(CSc3nnc4cc(C)c5ccc(OC)cc5n34)n2)cc1. The average molecular weight is 432 g/mol. The topological polar surface area (TPSA) is 78.3 Å². The number of nitrogens with zero attached hydrogens (tertiary/aromatic N) is 5. The van der Waals surface area contributed by atoms with Crippen LogP contribution in [0.1, 0.15) is 23.9 Å². The van der Waals surface area contributed by atoms with E-state index in [0.29, 0.717) is 17.5 Å². The van der Waals surface area contributed by atoms with Gasteiger partial charge >= 0.3 is 0 Å². The first-order valence-electron chi connectivity index (χ1n) is 10.0. The average Bonchev–Trinajstić information content (AvgIpc) is 3.44. The van der Waals surface area contributed by atoms with Gasteiger partial charge in [0.1, 0.15) is 5.75 Å². The van der Waals surface area contributed by atoms with Crippen molar-refractivity contribution in [1.29, 1.82) is 0 Å². The number of pyridine rings is 1. The Hall–Kier alpha value is -3.39. The van der Waals surface area contributed by atoms with E-state index >= 15 is 0 Å². The van der Waals surface area contributed by atoms with E-state index in [1.165, 1.54) is 17.3 Å². The fraction of sp³-hybridized carbons (Fsp3) is 0.217. The maximum atomic E-state index is 5.47. The normalized spacial score (nSPS) is 11.5. The Labute approximate surface area is 183 Å². The van der Waals surface area contributed by atoms with Gasteiger partial charge in [0.2, 0.25) is 11.7 Å². The molecule has 3 aromatic heterocycles. The van der Waals surface area contributed by atoms with E-state index in [0.717, 1.165) is 45.0 Å². The fourth-order valence-corrected chi connectivity index (χ4v) is 4.36.